The number of fused-ring (bicyclic) bond motifs is 2. The molecule has 0 amide bonds. The fourth-order valence-corrected chi connectivity index (χ4v) is 4.34. The Labute approximate surface area is 164 Å². The Morgan fingerprint density at radius 2 is 1.40 bits per heavy atom. The molecule has 0 spiro atoms. The molecule has 3 nitrogen and oxygen atoms in total. The lowest BCUT2D eigenvalue weighted by atomic mass is 9.87. The van der Waals surface area contributed by atoms with Crippen LogP contribution in [0, 0.1) is 0 Å². The lowest BCUT2D eigenvalue weighted by molar-refractivity contribution is -0.131. The van der Waals surface area contributed by atoms with Crippen LogP contribution < -0.4 is 4.74 Å². The van der Waals surface area contributed by atoms with Gasteiger partial charge in [-0.25, -0.2) is 0 Å². The van der Waals surface area contributed by atoms with Crippen LogP contribution in [-0.4, -0.2) is 11.8 Å². The van der Waals surface area contributed by atoms with Gasteiger partial charge in [0, 0.05) is 21.4 Å². The van der Waals surface area contributed by atoms with Gasteiger partial charge in [-0.3, -0.25) is 9.59 Å². The Hall–Kier alpha value is -1.46. The highest BCUT2D eigenvalue weighted by molar-refractivity contribution is 9.10. The number of esters is 1. The first-order valence-corrected chi connectivity index (χ1v) is 9.75. The number of benzene rings is 2. The van der Waals surface area contributed by atoms with Gasteiger partial charge in [0.15, 0.2) is 5.78 Å². The Morgan fingerprint density at radius 3 is 1.80 bits per heavy atom. The molecule has 25 heavy (non-hydrogen) atoms. The third-order valence-electron chi connectivity index (χ3n) is 4.51. The Morgan fingerprint density at radius 1 is 0.840 bits per heavy atom. The van der Waals surface area contributed by atoms with Crippen LogP contribution in [0.1, 0.15) is 46.5 Å². The molecule has 130 valence electrons. The molecule has 0 unspecified atom stereocenters. The van der Waals surface area contributed by atoms with Crippen molar-refractivity contribution < 1.29 is 14.3 Å². The van der Waals surface area contributed by atoms with E-state index in [0.29, 0.717) is 5.75 Å². The second kappa shape index (κ2) is 7.42. The van der Waals surface area contributed by atoms with Crippen molar-refractivity contribution in [3.05, 3.63) is 61.0 Å². The van der Waals surface area contributed by atoms with E-state index in [0.717, 1.165) is 40.2 Å². The summed E-state index contributed by atoms with van der Waals surface area (Å²) in [5.74, 6) is 0.509. The normalized spacial score (nSPS) is 13.3. The first-order valence-electron chi connectivity index (χ1n) is 8.17. The van der Waals surface area contributed by atoms with Crippen LogP contribution in [-0.2, 0) is 30.5 Å². The van der Waals surface area contributed by atoms with E-state index in [1.54, 1.807) is 6.92 Å². The molecular weight excluding hydrogens is 448 g/mol. The van der Waals surface area contributed by atoms with Crippen LogP contribution in [0.2, 0.25) is 0 Å². The van der Waals surface area contributed by atoms with Gasteiger partial charge < -0.3 is 4.74 Å². The maximum absolute atomic E-state index is 11.1. The van der Waals surface area contributed by atoms with Crippen molar-refractivity contribution in [1.29, 1.82) is 0 Å². The minimum Gasteiger partial charge on any atom is -0.427 e. The molecule has 0 atom stereocenters. The van der Waals surface area contributed by atoms with Gasteiger partial charge >= 0.3 is 5.97 Å². The summed E-state index contributed by atoms with van der Waals surface area (Å²) >= 11 is 6.91. The first-order chi connectivity index (χ1) is 11.8. The van der Waals surface area contributed by atoms with Crippen molar-refractivity contribution >= 4 is 43.6 Å². The van der Waals surface area contributed by atoms with Gasteiger partial charge in [0.25, 0.3) is 0 Å². The molecule has 0 saturated carbocycles. The smallest absolute Gasteiger partial charge is 0.308 e. The summed E-state index contributed by atoms with van der Waals surface area (Å²) in [5.41, 5.74) is 6.15. The van der Waals surface area contributed by atoms with Crippen molar-refractivity contribution in [1.82, 2.24) is 0 Å². The second-order valence-corrected chi connectivity index (χ2v) is 8.00. The molecule has 0 fully saturated rings. The lowest BCUT2D eigenvalue weighted by Gasteiger charge is -2.21. The van der Waals surface area contributed by atoms with Crippen LogP contribution in [0.5, 0.6) is 5.75 Å². The van der Waals surface area contributed by atoms with Crippen molar-refractivity contribution in [2.75, 3.05) is 0 Å². The Balaban J connectivity index is 0.000000146. The molecule has 0 radical (unpaired) electrons. The Kier molecular flexibility index (Phi) is 5.44. The zero-order valence-electron chi connectivity index (χ0n) is 14.1. The van der Waals surface area contributed by atoms with Crippen LogP contribution >= 0.6 is 31.9 Å². The van der Waals surface area contributed by atoms with E-state index >= 15 is 0 Å². The number of hydrogen-bond acceptors (Lipinski definition) is 3. The van der Waals surface area contributed by atoms with Crippen LogP contribution in [0.3, 0.4) is 0 Å². The molecular formula is C20H18Br2O3. The van der Waals surface area contributed by atoms with E-state index in [1.165, 1.54) is 29.2 Å². The number of hydrogen-bond donors (Lipinski definition) is 0. The highest BCUT2D eigenvalue weighted by Crippen LogP contribution is 2.34. The van der Waals surface area contributed by atoms with Gasteiger partial charge in [0.1, 0.15) is 5.75 Å². The minimum absolute atomic E-state index is 0.144. The summed E-state index contributed by atoms with van der Waals surface area (Å²) in [4.78, 5) is 21.8. The quantitative estimate of drug-likeness (QED) is 0.346. The summed E-state index contributed by atoms with van der Waals surface area (Å²) in [6.07, 6.45) is 4.47. The first kappa shape index (κ1) is 18.3. The molecule has 2 aromatic rings. The van der Waals surface area contributed by atoms with E-state index in [2.05, 4.69) is 31.9 Å². The van der Waals surface area contributed by atoms with Crippen LogP contribution in [0.4, 0.5) is 0 Å². The lowest BCUT2D eigenvalue weighted by Crippen LogP contribution is -2.10. The molecule has 2 aliphatic carbocycles. The van der Waals surface area contributed by atoms with Gasteiger partial charge in [0.2, 0.25) is 0 Å². The topological polar surface area (TPSA) is 43.4 Å². The average Bonchev–Trinajstić information content (AvgIpc) is 2.43. The van der Waals surface area contributed by atoms with Crippen LogP contribution in [0.15, 0.2) is 33.2 Å². The maximum atomic E-state index is 11.1. The zero-order valence-corrected chi connectivity index (χ0v) is 17.3. The van der Waals surface area contributed by atoms with E-state index < -0.39 is 0 Å². The summed E-state index contributed by atoms with van der Waals surface area (Å²) in [5, 5.41) is 0. The monoisotopic (exact) mass is 464 g/mol. The molecule has 0 aromatic heterocycles. The SMILES string of the molecule is CC(=O)Oc1cc(Br)c2c(c1)CC2.CC(=O)c1cc(Br)c2c(c1)CC2. The van der Waals surface area contributed by atoms with E-state index in [4.69, 9.17) is 4.74 Å². The number of Topliss-reactive ketones (excluding diaryl/α,β-unsaturated/α-hetero) is 1. The largest absolute Gasteiger partial charge is 0.427 e. The number of carbonyl (C=O) groups excluding carboxylic acids is 2. The van der Waals surface area contributed by atoms with Crippen molar-refractivity contribution in [3.63, 3.8) is 0 Å². The number of halogens is 2. The molecule has 0 bridgehead atoms. The number of ether oxygens (including phenoxy) is 1. The third-order valence-corrected chi connectivity index (χ3v) is 5.92. The third kappa shape index (κ3) is 4.04. The predicted octanol–water partition coefficient (Wildman–Crippen LogP) is 5.22. The molecule has 0 N–H and O–H groups in total. The molecule has 2 aliphatic rings. The number of rotatable bonds is 2. The van der Waals surface area contributed by atoms with Gasteiger partial charge in [0.05, 0.1) is 0 Å². The van der Waals surface area contributed by atoms with Crippen molar-refractivity contribution in [2.24, 2.45) is 0 Å². The average molecular weight is 466 g/mol. The molecule has 5 heteroatoms. The summed E-state index contributed by atoms with van der Waals surface area (Å²) in [6, 6.07) is 7.70. The highest BCUT2D eigenvalue weighted by atomic mass is 79.9. The van der Waals surface area contributed by atoms with E-state index in [9.17, 15) is 9.59 Å². The number of carbonyl (C=O) groups is 2. The predicted molar refractivity (Wildman–Crippen MR) is 104 cm³/mol. The van der Waals surface area contributed by atoms with Crippen LogP contribution in [0.25, 0.3) is 0 Å². The summed E-state index contributed by atoms with van der Waals surface area (Å²) < 4.78 is 7.14. The summed E-state index contributed by atoms with van der Waals surface area (Å²) in [7, 11) is 0. The minimum atomic E-state index is -0.272. The van der Waals surface area contributed by atoms with Gasteiger partial charge in [-0.2, -0.15) is 0 Å². The standard InChI is InChI=1S/C10H9BrO2.C10H9BrO/c1-6(12)13-8-4-7-2-3-9(7)10(11)5-8;1-6(12)8-4-7-2-3-9(7)10(11)5-8/h4-5H,2-3H2,1H3;4-5H,2-3H2,1H3. The molecule has 0 heterocycles. The number of ketones is 1. The summed E-state index contributed by atoms with van der Waals surface area (Å²) in [6.45, 7) is 3.01. The van der Waals surface area contributed by atoms with Gasteiger partial charge in [-0.1, -0.05) is 31.9 Å². The molecule has 0 aliphatic heterocycles. The molecule has 0 saturated heterocycles. The van der Waals surface area contributed by atoms with E-state index in [1.807, 2.05) is 24.3 Å². The molecule has 2 aromatic carbocycles. The van der Waals surface area contributed by atoms with Gasteiger partial charge in [-0.05, 0) is 79.1 Å². The van der Waals surface area contributed by atoms with Gasteiger partial charge in [-0.15, -0.1) is 0 Å². The second-order valence-electron chi connectivity index (χ2n) is 6.29. The number of aryl methyl sites for hydroxylation is 2. The van der Waals surface area contributed by atoms with E-state index in [-0.39, 0.29) is 11.8 Å². The highest BCUT2D eigenvalue weighted by Gasteiger charge is 2.18. The van der Waals surface area contributed by atoms with Crippen molar-refractivity contribution in [2.45, 2.75) is 39.5 Å². The fraction of sp³-hybridized carbons (Fsp3) is 0.300. The van der Waals surface area contributed by atoms with Crippen molar-refractivity contribution in [3.8, 4) is 5.75 Å². The zero-order chi connectivity index (χ0) is 18.1. The fourth-order valence-electron chi connectivity index (χ4n) is 2.96. The maximum Gasteiger partial charge on any atom is 0.308 e. The molecule has 4 rings (SSSR count). The Bertz CT molecular complexity index is 837.